The number of aromatic nitrogens is 2. The Morgan fingerprint density at radius 3 is 2.24 bits per heavy atom. The van der Waals surface area contributed by atoms with Crippen molar-refractivity contribution in [2.45, 2.75) is 13.3 Å². The minimum absolute atomic E-state index is 0. The standard InChI is InChI=1S/C14H15N3O2.CH4.ClH/c1-18-11-2-4-12(5-3-11)19-14-13(10-8-15-9-10)16-6-7-17-14;;/h2-7,10,15H,8-9H2,1H3;1H4;1H. The number of methoxy groups -OCH3 is 1. The number of hydrogen-bond acceptors (Lipinski definition) is 5. The number of benzene rings is 1. The molecule has 3 rings (SSSR count). The van der Waals surface area contributed by atoms with Gasteiger partial charge in [0.15, 0.2) is 0 Å². The molecule has 0 amide bonds. The summed E-state index contributed by atoms with van der Waals surface area (Å²) in [6.07, 6.45) is 3.35. The maximum Gasteiger partial charge on any atom is 0.241 e. The first-order valence-corrected chi connectivity index (χ1v) is 6.20. The third kappa shape index (κ3) is 3.83. The summed E-state index contributed by atoms with van der Waals surface area (Å²) < 4.78 is 10.9. The summed E-state index contributed by atoms with van der Waals surface area (Å²) in [5.41, 5.74) is 0.914. The van der Waals surface area contributed by atoms with Crippen LogP contribution in [0.5, 0.6) is 17.4 Å². The molecule has 0 bridgehead atoms. The monoisotopic (exact) mass is 309 g/mol. The normalized spacial score (nSPS) is 13.4. The molecule has 1 aromatic carbocycles. The van der Waals surface area contributed by atoms with Gasteiger partial charge in [-0.1, -0.05) is 7.43 Å². The summed E-state index contributed by atoms with van der Waals surface area (Å²) in [5.74, 6) is 2.51. The highest BCUT2D eigenvalue weighted by Crippen LogP contribution is 2.29. The Morgan fingerprint density at radius 1 is 1.05 bits per heavy atom. The van der Waals surface area contributed by atoms with Gasteiger partial charge in [0.1, 0.15) is 17.2 Å². The van der Waals surface area contributed by atoms with Gasteiger partial charge < -0.3 is 14.8 Å². The molecular weight excluding hydrogens is 290 g/mol. The van der Waals surface area contributed by atoms with Crippen LogP contribution in [0.4, 0.5) is 0 Å². The van der Waals surface area contributed by atoms with Crippen molar-refractivity contribution in [1.29, 1.82) is 0 Å². The van der Waals surface area contributed by atoms with E-state index in [-0.39, 0.29) is 19.8 Å². The number of nitrogens with one attached hydrogen (secondary N) is 1. The summed E-state index contributed by atoms with van der Waals surface area (Å²) in [5, 5.41) is 3.23. The second-order valence-electron chi connectivity index (χ2n) is 4.38. The van der Waals surface area contributed by atoms with Crippen LogP contribution in [0.1, 0.15) is 19.0 Å². The third-order valence-electron chi connectivity index (χ3n) is 3.13. The molecule has 0 atom stereocenters. The zero-order chi connectivity index (χ0) is 13.1. The Balaban J connectivity index is 0.00000110. The maximum atomic E-state index is 5.81. The van der Waals surface area contributed by atoms with Gasteiger partial charge in [-0.2, -0.15) is 0 Å². The van der Waals surface area contributed by atoms with Crippen molar-refractivity contribution in [2.24, 2.45) is 0 Å². The van der Waals surface area contributed by atoms with Gasteiger partial charge in [-0.05, 0) is 24.3 Å². The van der Waals surface area contributed by atoms with E-state index < -0.39 is 0 Å². The Kier molecular flexibility index (Phi) is 6.39. The van der Waals surface area contributed by atoms with E-state index in [1.165, 1.54) is 0 Å². The van der Waals surface area contributed by atoms with Crippen molar-refractivity contribution in [3.05, 3.63) is 42.4 Å². The van der Waals surface area contributed by atoms with Gasteiger partial charge >= 0.3 is 0 Å². The first kappa shape index (κ1) is 17.2. The van der Waals surface area contributed by atoms with Crippen molar-refractivity contribution < 1.29 is 9.47 Å². The smallest absolute Gasteiger partial charge is 0.241 e. The lowest BCUT2D eigenvalue weighted by molar-refractivity contribution is 0.396. The quantitative estimate of drug-likeness (QED) is 0.941. The highest BCUT2D eigenvalue weighted by atomic mass is 35.5. The zero-order valence-corrected chi connectivity index (χ0v) is 11.9. The minimum Gasteiger partial charge on any atom is -0.497 e. The fraction of sp³-hybridized carbons (Fsp3) is 0.333. The van der Waals surface area contributed by atoms with E-state index >= 15 is 0 Å². The van der Waals surface area contributed by atoms with E-state index in [2.05, 4.69) is 15.3 Å². The second kappa shape index (κ2) is 7.81. The maximum absolute atomic E-state index is 5.81. The molecule has 6 heteroatoms. The van der Waals surface area contributed by atoms with E-state index in [0.717, 1.165) is 30.3 Å². The summed E-state index contributed by atoms with van der Waals surface area (Å²) >= 11 is 0. The van der Waals surface area contributed by atoms with Crippen LogP contribution in [-0.4, -0.2) is 30.2 Å². The molecule has 2 aromatic rings. The molecule has 21 heavy (non-hydrogen) atoms. The molecule has 1 N–H and O–H groups in total. The molecule has 114 valence electrons. The topological polar surface area (TPSA) is 56.3 Å². The second-order valence-corrected chi connectivity index (χ2v) is 4.38. The van der Waals surface area contributed by atoms with Crippen LogP contribution in [-0.2, 0) is 0 Å². The molecule has 1 aromatic heterocycles. The molecule has 0 radical (unpaired) electrons. The fourth-order valence-corrected chi connectivity index (χ4v) is 1.93. The molecule has 1 aliphatic heterocycles. The first-order valence-electron chi connectivity index (χ1n) is 6.20. The van der Waals surface area contributed by atoms with Crippen molar-refractivity contribution in [3.63, 3.8) is 0 Å². The van der Waals surface area contributed by atoms with Crippen LogP contribution < -0.4 is 14.8 Å². The number of halogens is 1. The Bertz CT molecular complexity index is 559. The van der Waals surface area contributed by atoms with Crippen LogP contribution in [0.25, 0.3) is 0 Å². The average Bonchev–Trinajstić information content (AvgIpc) is 2.40. The number of ether oxygens (including phenoxy) is 2. The van der Waals surface area contributed by atoms with Gasteiger partial charge in [0.05, 0.1) is 7.11 Å². The number of hydrogen-bond donors (Lipinski definition) is 1. The Labute approximate surface area is 131 Å². The van der Waals surface area contributed by atoms with Gasteiger partial charge in [0, 0.05) is 31.4 Å². The van der Waals surface area contributed by atoms with Gasteiger partial charge in [-0.3, -0.25) is 4.98 Å². The van der Waals surface area contributed by atoms with E-state index in [4.69, 9.17) is 9.47 Å². The fourth-order valence-electron chi connectivity index (χ4n) is 1.93. The van der Waals surface area contributed by atoms with Crippen LogP contribution in [0, 0.1) is 0 Å². The molecule has 5 nitrogen and oxygen atoms in total. The first-order chi connectivity index (χ1) is 9.36. The molecular formula is C15H20ClN3O2. The molecule has 2 heterocycles. The lowest BCUT2D eigenvalue weighted by Crippen LogP contribution is -2.40. The van der Waals surface area contributed by atoms with Crippen LogP contribution in [0.15, 0.2) is 36.7 Å². The largest absolute Gasteiger partial charge is 0.497 e. The SMILES string of the molecule is C.COc1ccc(Oc2nccnc2C2CNC2)cc1.Cl. The predicted octanol–water partition coefficient (Wildman–Crippen LogP) is 3.02. The van der Waals surface area contributed by atoms with Crippen LogP contribution in [0.2, 0.25) is 0 Å². The highest BCUT2D eigenvalue weighted by Gasteiger charge is 2.24. The van der Waals surface area contributed by atoms with Crippen LogP contribution >= 0.6 is 12.4 Å². The van der Waals surface area contributed by atoms with Crippen LogP contribution in [0.3, 0.4) is 0 Å². The average molecular weight is 310 g/mol. The lowest BCUT2D eigenvalue weighted by atomic mass is 9.99. The summed E-state index contributed by atoms with van der Waals surface area (Å²) in [6.45, 7) is 1.86. The number of rotatable bonds is 4. The summed E-state index contributed by atoms with van der Waals surface area (Å²) in [4.78, 5) is 8.65. The van der Waals surface area contributed by atoms with Gasteiger partial charge in [0.25, 0.3) is 0 Å². The highest BCUT2D eigenvalue weighted by molar-refractivity contribution is 5.85. The van der Waals surface area contributed by atoms with Crippen molar-refractivity contribution >= 4 is 12.4 Å². The van der Waals surface area contributed by atoms with Crippen molar-refractivity contribution in [2.75, 3.05) is 20.2 Å². The van der Waals surface area contributed by atoms with E-state index in [0.29, 0.717) is 11.8 Å². The Hall–Kier alpha value is -1.85. The molecule has 0 saturated carbocycles. The molecule has 1 fully saturated rings. The van der Waals surface area contributed by atoms with Gasteiger partial charge in [0.2, 0.25) is 5.88 Å². The summed E-state index contributed by atoms with van der Waals surface area (Å²) in [7, 11) is 1.64. The molecule has 1 saturated heterocycles. The molecule has 1 aliphatic rings. The number of nitrogens with zero attached hydrogens (tertiary/aromatic N) is 2. The molecule has 0 unspecified atom stereocenters. The predicted molar refractivity (Wildman–Crippen MR) is 84.7 cm³/mol. The van der Waals surface area contributed by atoms with Gasteiger partial charge in [-0.15, -0.1) is 12.4 Å². The van der Waals surface area contributed by atoms with Crippen molar-refractivity contribution in [1.82, 2.24) is 15.3 Å². The Morgan fingerprint density at radius 2 is 1.67 bits per heavy atom. The lowest BCUT2D eigenvalue weighted by Gasteiger charge is -2.27. The minimum atomic E-state index is 0. The van der Waals surface area contributed by atoms with E-state index in [1.54, 1.807) is 19.5 Å². The molecule has 0 aliphatic carbocycles. The van der Waals surface area contributed by atoms with E-state index in [1.807, 2.05) is 24.3 Å². The molecule has 0 spiro atoms. The van der Waals surface area contributed by atoms with Crippen molar-refractivity contribution in [3.8, 4) is 17.4 Å². The third-order valence-corrected chi connectivity index (χ3v) is 3.13. The van der Waals surface area contributed by atoms with E-state index in [9.17, 15) is 0 Å². The zero-order valence-electron chi connectivity index (χ0n) is 11.1. The summed E-state index contributed by atoms with van der Waals surface area (Å²) in [6, 6.07) is 7.43. The van der Waals surface area contributed by atoms with Gasteiger partial charge in [-0.25, -0.2) is 4.98 Å².